The fourth-order valence-corrected chi connectivity index (χ4v) is 3.44. The molecule has 0 bridgehead atoms. The lowest BCUT2D eigenvalue weighted by molar-refractivity contribution is 0.0770. The Bertz CT molecular complexity index is 741. The van der Waals surface area contributed by atoms with E-state index in [0.717, 1.165) is 5.56 Å². The highest BCUT2D eigenvalue weighted by atomic mass is 32.2. The second-order valence-electron chi connectivity index (χ2n) is 4.86. The second kappa shape index (κ2) is 5.28. The van der Waals surface area contributed by atoms with Crippen LogP contribution in [0.2, 0.25) is 0 Å². The molecular formula is C13H14N4O3S. The normalized spacial score (nSPS) is 17.6. The highest BCUT2D eigenvalue weighted by Gasteiger charge is 2.25. The lowest BCUT2D eigenvalue weighted by Gasteiger charge is -2.26. The van der Waals surface area contributed by atoms with Crippen LogP contribution in [-0.4, -0.2) is 59.0 Å². The Balaban J connectivity index is 1.81. The van der Waals surface area contributed by atoms with E-state index in [4.69, 9.17) is 0 Å². The first kappa shape index (κ1) is 13.7. The van der Waals surface area contributed by atoms with Crippen LogP contribution in [0.5, 0.6) is 0 Å². The zero-order chi connectivity index (χ0) is 14.9. The fourth-order valence-electron chi connectivity index (χ4n) is 2.24. The maximum absolute atomic E-state index is 12.4. The number of nitrogens with one attached hydrogen (secondary N) is 1. The van der Waals surface area contributed by atoms with Crippen molar-refractivity contribution >= 4 is 15.7 Å². The van der Waals surface area contributed by atoms with Crippen LogP contribution in [0.1, 0.15) is 10.4 Å². The molecule has 1 aromatic heterocycles. The number of rotatable bonds is 2. The number of aromatic nitrogens is 3. The average Bonchev–Trinajstić information content (AvgIpc) is 3.01. The number of H-pyrrole nitrogens is 1. The number of nitrogens with zero attached hydrogens (tertiary/aromatic N) is 3. The maximum atomic E-state index is 12.4. The Morgan fingerprint density at radius 2 is 2.00 bits per heavy atom. The molecule has 0 atom stereocenters. The van der Waals surface area contributed by atoms with Gasteiger partial charge in [-0.15, -0.1) is 0 Å². The molecule has 8 heteroatoms. The van der Waals surface area contributed by atoms with Crippen molar-refractivity contribution in [3.63, 3.8) is 0 Å². The van der Waals surface area contributed by atoms with Gasteiger partial charge in [0.05, 0.1) is 11.5 Å². The number of hydrogen-bond donors (Lipinski definition) is 1. The van der Waals surface area contributed by atoms with Crippen molar-refractivity contribution in [2.75, 3.05) is 24.6 Å². The van der Waals surface area contributed by atoms with E-state index >= 15 is 0 Å². The largest absolute Gasteiger partial charge is 0.337 e. The molecule has 0 unspecified atom stereocenters. The molecule has 21 heavy (non-hydrogen) atoms. The van der Waals surface area contributed by atoms with Crippen molar-refractivity contribution in [2.45, 2.75) is 0 Å². The third kappa shape index (κ3) is 2.94. The van der Waals surface area contributed by atoms with Gasteiger partial charge in [0.25, 0.3) is 5.91 Å². The van der Waals surface area contributed by atoms with E-state index in [1.807, 2.05) is 6.07 Å². The third-order valence-corrected chi connectivity index (χ3v) is 5.04. The topological polar surface area (TPSA) is 96.0 Å². The summed E-state index contributed by atoms with van der Waals surface area (Å²) in [4.78, 5) is 18.0. The standard InChI is InChI=1S/C13H14N4O3S/c18-13(17-4-6-21(19,20)7-5-17)11-3-1-2-10(8-11)12-14-9-15-16-12/h1-3,8-9H,4-7H2,(H,14,15,16). The molecule has 7 nitrogen and oxygen atoms in total. The Labute approximate surface area is 121 Å². The Morgan fingerprint density at radius 3 is 2.67 bits per heavy atom. The van der Waals surface area contributed by atoms with Crippen molar-refractivity contribution in [2.24, 2.45) is 0 Å². The van der Waals surface area contributed by atoms with E-state index in [0.29, 0.717) is 11.4 Å². The van der Waals surface area contributed by atoms with E-state index < -0.39 is 9.84 Å². The summed E-state index contributed by atoms with van der Waals surface area (Å²) in [5, 5.41) is 6.53. The average molecular weight is 306 g/mol. The first-order valence-electron chi connectivity index (χ1n) is 6.51. The van der Waals surface area contributed by atoms with Gasteiger partial charge >= 0.3 is 0 Å². The van der Waals surface area contributed by atoms with Gasteiger partial charge in [-0.1, -0.05) is 12.1 Å². The second-order valence-corrected chi connectivity index (χ2v) is 7.16. The summed E-state index contributed by atoms with van der Waals surface area (Å²) in [6, 6.07) is 7.04. The first-order valence-corrected chi connectivity index (χ1v) is 8.33. The van der Waals surface area contributed by atoms with Gasteiger partial charge < -0.3 is 4.90 Å². The minimum atomic E-state index is -2.99. The molecule has 0 radical (unpaired) electrons. The third-order valence-electron chi connectivity index (χ3n) is 3.43. The molecule has 3 rings (SSSR count). The van der Waals surface area contributed by atoms with Crippen LogP contribution >= 0.6 is 0 Å². The van der Waals surface area contributed by atoms with Crippen molar-refractivity contribution in [1.82, 2.24) is 20.1 Å². The molecule has 1 aromatic carbocycles. The van der Waals surface area contributed by atoms with Gasteiger partial charge in [-0.25, -0.2) is 13.4 Å². The van der Waals surface area contributed by atoms with Gasteiger partial charge in [-0.05, 0) is 12.1 Å². The summed E-state index contributed by atoms with van der Waals surface area (Å²) in [6.07, 6.45) is 1.40. The zero-order valence-corrected chi connectivity index (χ0v) is 12.0. The first-order chi connectivity index (χ1) is 10.1. The molecule has 1 aliphatic rings. The summed E-state index contributed by atoms with van der Waals surface area (Å²) in [6.45, 7) is 0.488. The van der Waals surface area contributed by atoms with Gasteiger partial charge in [0.1, 0.15) is 6.33 Å². The molecular weight excluding hydrogens is 292 g/mol. The highest BCUT2D eigenvalue weighted by molar-refractivity contribution is 7.91. The Kier molecular flexibility index (Phi) is 3.46. The van der Waals surface area contributed by atoms with Crippen LogP contribution in [0.15, 0.2) is 30.6 Å². The molecule has 1 amide bonds. The SMILES string of the molecule is O=C(c1cccc(-c2ncn[nH]2)c1)N1CCS(=O)(=O)CC1. The minimum absolute atomic E-state index is 0.0283. The van der Waals surface area contributed by atoms with Gasteiger partial charge in [-0.3, -0.25) is 9.89 Å². The molecule has 0 spiro atoms. The predicted octanol–water partition coefficient (Wildman–Crippen LogP) is 0.342. The lowest BCUT2D eigenvalue weighted by Crippen LogP contribution is -2.43. The van der Waals surface area contributed by atoms with Crippen molar-refractivity contribution in [3.05, 3.63) is 36.2 Å². The smallest absolute Gasteiger partial charge is 0.253 e. The number of aromatic amines is 1. The molecule has 2 heterocycles. The summed E-state index contributed by atoms with van der Waals surface area (Å²) < 4.78 is 22.8. The van der Waals surface area contributed by atoms with Crippen LogP contribution in [0, 0.1) is 0 Å². The summed E-state index contributed by atoms with van der Waals surface area (Å²) in [5.41, 5.74) is 1.28. The van der Waals surface area contributed by atoms with Crippen LogP contribution in [0.4, 0.5) is 0 Å². The number of sulfone groups is 1. The van der Waals surface area contributed by atoms with E-state index in [1.165, 1.54) is 6.33 Å². The molecule has 1 aliphatic heterocycles. The molecule has 2 aromatic rings. The quantitative estimate of drug-likeness (QED) is 0.863. The molecule has 1 fully saturated rings. The molecule has 110 valence electrons. The number of benzene rings is 1. The van der Waals surface area contributed by atoms with Gasteiger partial charge in [0.2, 0.25) is 0 Å². The van der Waals surface area contributed by atoms with Gasteiger partial charge in [0.15, 0.2) is 15.7 Å². The highest BCUT2D eigenvalue weighted by Crippen LogP contribution is 2.17. The molecule has 0 aliphatic carbocycles. The number of amides is 1. The Morgan fingerprint density at radius 1 is 1.24 bits per heavy atom. The fraction of sp³-hybridized carbons (Fsp3) is 0.308. The lowest BCUT2D eigenvalue weighted by atomic mass is 10.1. The van der Waals surface area contributed by atoms with Crippen LogP contribution in [-0.2, 0) is 9.84 Å². The monoisotopic (exact) mass is 306 g/mol. The van der Waals surface area contributed by atoms with Crippen LogP contribution in [0.25, 0.3) is 11.4 Å². The summed E-state index contributed by atoms with van der Waals surface area (Å²) in [5.74, 6) is 0.485. The van der Waals surface area contributed by atoms with E-state index in [9.17, 15) is 13.2 Å². The van der Waals surface area contributed by atoms with E-state index in [-0.39, 0.29) is 30.5 Å². The summed E-state index contributed by atoms with van der Waals surface area (Å²) in [7, 11) is -2.99. The van der Waals surface area contributed by atoms with E-state index in [1.54, 1.807) is 23.1 Å². The molecule has 0 saturated carbocycles. The van der Waals surface area contributed by atoms with E-state index in [2.05, 4.69) is 15.2 Å². The van der Waals surface area contributed by atoms with Gasteiger partial charge in [-0.2, -0.15) is 5.10 Å². The van der Waals surface area contributed by atoms with Crippen molar-refractivity contribution in [3.8, 4) is 11.4 Å². The van der Waals surface area contributed by atoms with Gasteiger partial charge in [0, 0.05) is 24.2 Å². The zero-order valence-electron chi connectivity index (χ0n) is 11.2. The maximum Gasteiger partial charge on any atom is 0.253 e. The van der Waals surface area contributed by atoms with Crippen LogP contribution in [0.3, 0.4) is 0 Å². The summed E-state index contributed by atoms with van der Waals surface area (Å²) >= 11 is 0. The molecule has 1 N–H and O–H groups in total. The van der Waals surface area contributed by atoms with Crippen LogP contribution < -0.4 is 0 Å². The number of carbonyl (C=O) groups excluding carboxylic acids is 1. The number of hydrogen-bond acceptors (Lipinski definition) is 5. The predicted molar refractivity (Wildman–Crippen MR) is 76.4 cm³/mol. The molecule has 1 saturated heterocycles. The van der Waals surface area contributed by atoms with Crippen molar-refractivity contribution < 1.29 is 13.2 Å². The van der Waals surface area contributed by atoms with Crippen molar-refractivity contribution in [1.29, 1.82) is 0 Å². The minimum Gasteiger partial charge on any atom is -0.337 e. The Hall–Kier alpha value is -2.22. The number of carbonyl (C=O) groups is 1.